The fourth-order valence-electron chi connectivity index (χ4n) is 3.27. The average molecular weight is 337 g/mol. The van der Waals surface area contributed by atoms with Crippen LogP contribution in [-0.4, -0.2) is 22.0 Å². The smallest absolute Gasteiger partial charge is 0.322 e. The van der Waals surface area contributed by atoms with Gasteiger partial charge in [-0.25, -0.2) is 4.79 Å². The molecule has 1 atom stereocenters. The van der Waals surface area contributed by atoms with Gasteiger partial charge >= 0.3 is 6.03 Å². The molecule has 4 nitrogen and oxygen atoms in total. The molecule has 2 aromatic heterocycles. The molecule has 24 heavy (non-hydrogen) atoms. The van der Waals surface area contributed by atoms with Crippen molar-refractivity contribution in [1.29, 1.82) is 0 Å². The lowest BCUT2D eigenvalue weighted by molar-refractivity contribution is 0.183. The number of nitrogens with zero attached hydrogens (tertiary/aromatic N) is 2. The zero-order valence-electron chi connectivity index (χ0n) is 13.5. The number of aromatic nitrogens is 1. The first-order chi connectivity index (χ1) is 11.7. The Balaban J connectivity index is 1.65. The van der Waals surface area contributed by atoms with Crippen molar-refractivity contribution in [1.82, 2.24) is 9.47 Å². The maximum absolute atomic E-state index is 12.9. The summed E-state index contributed by atoms with van der Waals surface area (Å²) in [5, 5.41) is 5.11. The lowest BCUT2D eigenvalue weighted by atomic mass is 10.1. The van der Waals surface area contributed by atoms with Crippen LogP contribution in [0, 0.1) is 6.92 Å². The lowest BCUT2D eigenvalue weighted by Gasteiger charge is -2.36. The molecule has 0 fully saturated rings. The van der Waals surface area contributed by atoms with Crippen molar-refractivity contribution >= 4 is 23.1 Å². The maximum Gasteiger partial charge on any atom is 0.322 e. The van der Waals surface area contributed by atoms with Crippen molar-refractivity contribution in [3.05, 3.63) is 76.2 Å². The number of anilines is 1. The Kier molecular flexibility index (Phi) is 3.86. The first-order valence-corrected chi connectivity index (χ1v) is 8.93. The Bertz CT molecular complexity index is 853. The average Bonchev–Trinajstić information content (AvgIpc) is 3.25. The number of rotatable bonds is 2. The molecule has 0 unspecified atom stereocenters. The molecule has 1 N–H and O–H groups in total. The van der Waals surface area contributed by atoms with E-state index < -0.39 is 0 Å². The first-order valence-electron chi connectivity index (χ1n) is 8.05. The van der Waals surface area contributed by atoms with Crippen LogP contribution in [-0.2, 0) is 6.54 Å². The van der Waals surface area contributed by atoms with E-state index in [1.165, 1.54) is 10.6 Å². The summed E-state index contributed by atoms with van der Waals surface area (Å²) < 4.78 is 2.24. The highest BCUT2D eigenvalue weighted by Gasteiger charge is 2.32. The third-order valence-electron chi connectivity index (χ3n) is 4.38. The minimum atomic E-state index is -0.0496. The summed E-state index contributed by atoms with van der Waals surface area (Å²) in [5.74, 6) is 0. The van der Waals surface area contributed by atoms with Crippen LogP contribution >= 0.6 is 11.3 Å². The van der Waals surface area contributed by atoms with Crippen molar-refractivity contribution in [2.75, 3.05) is 11.9 Å². The van der Waals surface area contributed by atoms with E-state index in [4.69, 9.17) is 0 Å². The van der Waals surface area contributed by atoms with E-state index in [1.807, 2.05) is 42.2 Å². The van der Waals surface area contributed by atoms with Gasteiger partial charge in [0.1, 0.15) is 6.04 Å². The SMILES string of the molecule is Cc1cccc(NC(=O)N2CCn3cccc3[C@@H]2c2cccs2)c1. The zero-order chi connectivity index (χ0) is 16.5. The van der Waals surface area contributed by atoms with Gasteiger partial charge in [0.05, 0.1) is 0 Å². The largest absolute Gasteiger partial charge is 0.347 e. The van der Waals surface area contributed by atoms with Crippen molar-refractivity contribution in [3.63, 3.8) is 0 Å². The number of fused-ring (bicyclic) bond motifs is 1. The molecule has 5 heteroatoms. The highest BCUT2D eigenvalue weighted by Crippen LogP contribution is 2.35. The van der Waals surface area contributed by atoms with Crippen LogP contribution in [0.2, 0.25) is 0 Å². The van der Waals surface area contributed by atoms with Crippen LogP contribution in [0.15, 0.2) is 60.1 Å². The molecule has 1 aromatic carbocycles. The molecule has 0 spiro atoms. The van der Waals surface area contributed by atoms with Crippen molar-refractivity contribution < 1.29 is 4.79 Å². The van der Waals surface area contributed by atoms with Crippen molar-refractivity contribution in [3.8, 4) is 0 Å². The monoisotopic (exact) mass is 337 g/mol. The van der Waals surface area contributed by atoms with E-state index in [0.29, 0.717) is 6.54 Å². The van der Waals surface area contributed by atoms with Gasteiger partial charge in [-0.1, -0.05) is 18.2 Å². The number of urea groups is 1. The van der Waals surface area contributed by atoms with E-state index in [0.717, 1.165) is 17.8 Å². The van der Waals surface area contributed by atoms with Gasteiger partial charge in [-0.3, -0.25) is 0 Å². The normalized spacial score (nSPS) is 16.7. The molecule has 1 aliphatic heterocycles. The molecular formula is C19H19N3OS. The van der Waals surface area contributed by atoms with Crippen LogP contribution in [0.25, 0.3) is 0 Å². The van der Waals surface area contributed by atoms with E-state index >= 15 is 0 Å². The molecule has 4 rings (SSSR count). The molecule has 0 bridgehead atoms. The number of carbonyl (C=O) groups is 1. The fourth-order valence-corrected chi connectivity index (χ4v) is 4.11. The summed E-state index contributed by atoms with van der Waals surface area (Å²) in [6.45, 7) is 3.55. The van der Waals surface area contributed by atoms with Gasteiger partial charge in [-0.05, 0) is 48.2 Å². The predicted molar refractivity (Wildman–Crippen MR) is 97.5 cm³/mol. The van der Waals surface area contributed by atoms with E-state index in [-0.39, 0.29) is 12.1 Å². The first kappa shape index (κ1) is 15.0. The van der Waals surface area contributed by atoms with E-state index in [1.54, 1.807) is 11.3 Å². The van der Waals surface area contributed by atoms with E-state index in [2.05, 4.69) is 39.7 Å². The summed E-state index contributed by atoms with van der Waals surface area (Å²) in [6.07, 6.45) is 2.09. The topological polar surface area (TPSA) is 37.3 Å². The molecule has 3 aromatic rings. The number of thiophene rings is 1. The number of hydrogen-bond acceptors (Lipinski definition) is 2. The number of aryl methyl sites for hydroxylation is 1. The molecule has 1 aliphatic rings. The van der Waals surface area contributed by atoms with Crippen molar-refractivity contribution in [2.24, 2.45) is 0 Å². The van der Waals surface area contributed by atoms with Gasteiger partial charge in [-0.15, -0.1) is 11.3 Å². The molecule has 0 aliphatic carbocycles. The Labute approximate surface area is 145 Å². The summed E-state index contributed by atoms with van der Waals surface area (Å²) in [7, 11) is 0. The number of benzene rings is 1. The van der Waals surface area contributed by atoms with Gasteiger partial charge in [0.15, 0.2) is 0 Å². The molecule has 3 heterocycles. The number of hydrogen-bond donors (Lipinski definition) is 1. The standard InChI is InChI=1S/C19H19N3OS/c1-14-5-2-6-15(13-14)20-19(23)22-11-10-21-9-3-7-16(21)18(22)17-8-4-12-24-17/h2-9,12-13,18H,10-11H2,1H3,(H,20,23)/t18-/m1/s1. The van der Waals surface area contributed by atoms with Crippen LogP contribution in [0.1, 0.15) is 22.2 Å². The zero-order valence-corrected chi connectivity index (χ0v) is 14.3. The molecule has 0 saturated heterocycles. The minimum Gasteiger partial charge on any atom is -0.347 e. The number of amides is 2. The summed E-state index contributed by atoms with van der Waals surface area (Å²) in [5.41, 5.74) is 3.14. The maximum atomic E-state index is 12.9. The molecule has 122 valence electrons. The summed E-state index contributed by atoms with van der Waals surface area (Å²) in [4.78, 5) is 16.0. The van der Waals surface area contributed by atoms with Crippen molar-refractivity contribution in [2.45, 2.75) is 19.5 Å². The second-order valence-corrected chi connectivity index (χ2v) is 7.02. The Morgan fingerprint density at radius 3 is 2.88 bits per heavy atom. The number of carbonyl (C=O) groups excluding carboxylic acids is 1. The van der Waals surface area contributed by atoms with Gasteiger partial charge in [0.2, 0.25) is 0 Å². The molecule has 0 radical (unpaired) electrons. The molecule has 0 saturated carbocycles. The van der Waals surface area contributed by atoms with Gasteiger partial charge < -0.3 is 14.8 Å². The number of nitrogens with one attached hydrogen (secondary N) is 1. The highest BCUT2D eigenvalue weighted by molar-refractivity contribution is 7.10. The van der Waals surface area contributed by atoms with Crippen LogP contribution in [0.5, 0.6) is 0 Å². The third kappa shape index (κ3) is 2.71. The molecule has 2 amide bonds. The quantitative estimate of drug-likeness (QED) is 0.735. The fraction of sp³-hybridized carbons (Fsp3) is 0.211. The van der Waals surface area contributed by atoms with Crippen LogP contribution < -0.4 is 5.32 Å². The van der Waals surface area contributed by atoms with Gasteiger partial charge in [0.25, 0.3) is 0 Å². The lowest BCUT2D eigenvalue weighted by Crippen LogP contribution is -2.44. The molecular weight excluding hydrogens is 318 g/mol. The highest BCUT2D eigenvalue weighted by atomic mass is 32.1. The van der Waals surface area contributed by atoms with Gasteiger partial charge in [0, 0.05) is 35.5 Å². The summed E-state index contributed by atoms with van der Waals surface area (Å²) >= 11 is 1.69. The Morgan fingerprint density at radius 1 is 1.17 bits per heavy atom. The van der Waals surface area contributed by atoms with Crippen LogP contribution in [0.3, 0.4) is 0 Å². The Hall–Kier alpha value is -2.53. The third-order valence-corrected chi connectivity index (χ3v) is 5.31. The van der Waals surface area contributed by atoms with E-state index in [9.17, 15) is 4.79 Å². The Morgan fingerprint density at radius 2 is 2.08 bits per heavy atom. The minimum absolute atomic E-state index is 0.0291. The summed E-state index contributed by atoms with van der Waals surface area (Å²) in [6, 6.07) is 16.1. The van der Waals surface area contributed by atoms with Gasteiger partial charge in [-0.2, -0.15) is 0 Å². The second-order valence-electron chi connectivity index (χ2n) is 6.04. The predicted octanol–water partition coefficient (Wildman–Crippen LogP) is 4.50. The second kappa shape index (κ2) is 6.17. The van der Waals surface area contributed by atoms with Crippen LogP contribution in [0.4, 0.5) is 10.5 Å².